The van der Waals surface area contributed by atoms with Gasteiger partial charge in [-0.15, -0.1) is 0 Å². The second-order valence-corrected chi connectivity index (χ2v) is 6.43. The van der Waals surface area contributed by atoms with E-state index in [1.165, 1.54) is 6.07 Å². The Labute approximate surface area is 141 Å². The first kappa shape index (κ1) is 17.8. The predicted octanol–water partition coefficient (Wildman–Crippen LogP) is 3.87. The number of aromatic nitrogens is 2. The van der Waals surface area contributed by atoms with Gasteiger partial charge in [-0.1, -0.05) is 20.8 Å². The second kappa shape index (κ2) is 6.95. The topological polar surface area (TPSA) is 84.4 Å². The van der Waals surface area contributed by atoms with Gasteiger partial charge in [0.25, 0.3) is 0 Å². The molecule has 0 spiro atoms. The van der Waals surface area contributed by atoms with Crippen LogP contribution in [0.25, 0.3) is 11.3 Å². The molecule has 1 aromatic carbocycles. The second-order valence-electron chi connectivity index (χ2n) is 6.43. The molecular weight excluding hydrogens is 308 g/mol. The first-order valence-corrected chi connectivity index (χ1v) is 8.01. The minimum absolute atomic E-state index is 0.0327. The molecule has 0 bridgehead atoms. The first-order valence-electron chi connectivity index (χ1n) is 8.01. The van der Waals surface area contributed by atoms with Crippen LogP contribution in [0.5, 0.6) is 11.5 Å². The van der Waals surface area contributed by atoms with Gasteiger partial charge in [-0.3, -0.25) is 5.10 Å². The number of carbonyl (C=O) groups is 1. The van der Waals surface area contributed by atoms with E-state index in [0.29, 0.717) is 30.2 Å². The summed E-state index contributed by atoms with van der Waals surface area (Å²) in [5.41, 5.74) is 2.16. The third-order valence-corrected chi connectivity index (χ3v) is 3.57. The van der Waals surface area contributed by atoms with Gasteiger partial charge in [-0.2, -0.15) is 5.10 Å². The molecule has 0 saturated heterocycles. The number of aromatic carboxylic acids is 1. The highest BCUT2D eigenvalue weighted by Crippen LogP contribution is 2.40. The number of carboxylic acids is 1. The van der Waals surface area contributed by atoms with E-state index in [1.54, 1.807) is 0 Å². The van der Waals surface area contributed by atoms with E-state index >= 15 is 0 Å². The molecule has 1 heterocycles. The molecule has 2 rings (SSSR count). The quantitative estimate of drug-likeness (QED) is 0.839. The normalized spacial score (nSPS) is 11.4. The molecular formula is C18H24N2O4. The van der Waals surface area contributed by atoms with Gasteiger partial charge in [-0.25, -0.2) is 4.79 Å². The monoisotopic (exact) mass is 332 g/mol. The van der Waals surface area contributed by atoms with E-state index in [-0.39, 0.29) is 11.1 Å². The van der Waals surface area contributed by atoms with Crippen molar-refractivity contribution in [2.75, 3.05) is 13.2 Å². The standard InChI is InChI=1S/C18H24N2O4/c1-6-23-15-9-12(18(3,4)5)16(24-7-2)8-11(15)13-10-14(17(21)22)20-19-13/h8-10H,6-7H2,1-5H3,(H,19,20)(H,21,22). The zero-order chi connectivity index (χ0) is 17.9. The Hall–Kier alpha value is -2.50. The molecule has 24 heavy (non-hydrogen) atoms. The van der Waals surface area contributed by atoms with Gasteiger partial charge in [0.1, 0.15) is 17.2 Å². The molecule has 0 radical (unpaired) electrons. The first-order chi connectivity index (χ1) is 11.3. The van der Waals surface area contributed by atoms with E-state index in [9.17, 15) is 4.79 Å². The summed E-state index contributed by atoms with van der Waals surface area (Å²) in [5, 5.41) is 15.7. The Morgan fingerprint density at radius 1 is 1.12 bits per heavy atom. The summed E-state index contributed by atoms with van der Waals surface area (Å²) in [6.45, 7) is 11.2. The fourth-order valence-corrected chi connectivity index (χ4v) is 2.47. The molecule has 1 aromatic heterocycles. The van der Waals surface area contributed by atoms with Gasteiger partial charge in [-0.05, 0) is 37.5 Å². The van der Waals surface area contributed by atoms with Gasteiger partial charge >= 0.3 is 5.97 Å². The average Bonchev–Trinajstić information content (AvgIpc) is 2.97. The van der Waals surface area contributed by atoms with Crippen molar-refractivity contribution in [2.24, 2.45) is 0 Å². The van der Waals surface area contributed by atoms with Crippen molar-refractivity contribution in [3.8, 4) is 22.8 Å². The summed E-state index contributed by atoms with van der Waals surface area (Å²) < 4.78 is 11.6. The maximum Gasteiger partial charge on any atom is 0.353 e. The lowest BCUT2D eigenvalue weighted by molar-refractivity contribution is 0.0690. The summed E-state index contributed by atoms with van der Waals surface area (Å²) in [4.78, 5) is 11.1. The highest BCUT2D eigenvalue weighted by molar-refractivity contribution is 5.87. The van der Waals surface area contributed by atoms with Crippen molar-refractivity contribution in [1.82, 2.24) is 10.2 Å². The number of rotatable bonds is 6. The van der Waals surface area contributed by atoms with Crippen LogP contribution in [-0.4, -0.2) is 34.5 Å². The molecule has 6 heteroatoms. The zero-order valence-corrected chi connectivity index (χ0v) is 14.8. The molecule has 0 atom stereocenters. The van der Waals surface area contributed by atoms with Gasteiger partial charge in [0, 0.05) is 11.1 Å². The van der Waals surface area contributed by atoms with E-state index < -0.39 is 5.97 Å². The molecule has 0 saturated carbocycles. The number of nitrogens with one attached hydrogen (secondary N) is 1. The van der Waals surface area contributed by atoms with Crippen LogP contribution in [0.3, 0.4) is 0 Å². The summed E-state index contributed by atoms with van der Waals surface area (Å²) >= 11 is 0. The molecule has 0 aliphatic heterocycles. The minimum Gasteiger partial charge on any atom is -0.494 e. The molecule has 0 aliphatic carbocycles. The molecule has 2 aromatic rings. The predicted molar refractivity (Wildman–Crippen MR) is 92.0 cm³/mol. The number of benzene rings is 1. The molecule has 130 valence electrons. The van der Waals surface area contributed by atoms with Crippen molar-refractivity contribution >= 4 is 5.97 Å². The number of H-pyrrole nitrogens is 1. The molecule has 2 N–H and O–H groups in total. The summed E-state index contributed by atoms with van der Waals surface area (Å²) in [7, 11) is 0. The van der Waals surface area contributed by atoms with E-state index in [2.05, 4.69) is 31.0 Å². The highest BCUT2D eigenvalue weighted by atomic mass is 16.5. The summed E-state index contributed by atoms with van der Waals surface area (Å²) in [6, 6.07) is 5.32. The number of nitrogens with zero attached hydrogens (tertiary/aromatic N) is 1. The number of hydrogen-bond acceptors (Lipinski definition) is 4. The van der Waals surface area contributed by atoms with E-state index in [4.69, 9.17) is 14.6 Å². The summed E-state index contributed by atoms with van der Waals surface area (Å²) in [5.74, 6) is 0.362. The van der Waals surface area contributed by atoms with E-state index in [1.807, 2.05) is 26.0 Å². The lowest BCUT2D eigenvalue weighted by atomic mass is 9.85. The summed E-state index contributed by atoms with van der Waals surface area (Å²) in [6.07, 6.45) is 0. The van der Waals surface area contributed by atoms with Gasteiger partial charge in [0.05, 0.1) is 18.9 Å². The van der Waals surface area contributed by atoms with Crippen molar-refractivity contribution < 1.29 is 19.4 Å². The zero-order valence-electron chi connectivity index (χ0n) is 14.8. The molecule has 6 nitrogen and oxygen atoms in total. The van der Waals surface area contributed by atoms with Crippen molar-refractivity contribution in [2.45, 2.75) is 40.0 Å². The number of hydrogen-bond donors (Lipinski definition) is 2. The van der Waals surface area contributed by atoms with E-state index in [0.717, 1.165) is 11.3 Å². The van der Waals surface area contributed by atoms with Crippen LogP contribution < -0.4 is 9.47 Å². The highest BCUT2D eigenvalue weighted by Gasteiger charge is 2.24. The van der Waals surface area contributed by atoms with Crippen LogP contribution >= 0.6 is 0 Å². The largest absolute Gasteiger partial charge is 0.494 e. The van der Waals surface area contributed by atoms with Gasteiger partial charge < -0.3 is 14.6 Å². The fraction of sp³-hybridized carbons (Fsp3) is 0.444. The number of ether oxygens (including phenoxy) is 2. The molecule has 0 aliphatic rings. The Morgan fingerprint density at radius 2 is 1.75 bits per heavy atom. The van der Waals surface area contributed by atoms with Crippen LogP contribution in [0.15, 0.2) is 18.2 Å². The van der Waals surface area contributed by atoms with Crippen molar-refractivity contribution in [1.29, 1.82) is 0 Å². The lowest BCUT2D eigenvalue weighted by Crippen LogP contribution is -2.14. The number of aromatic amines is 1. The van der Waals surface area contributed by atoms with Crippen molar-refractivity contribution in [3.63, 3.8) is 0 Å². The maximum absolute atomic E-state index is 11.1. The maximum atomic E-state index is 11.1. The van der Waals surface area contributed by atoms with Gasteiger partial charge in [0.15, 0.2) is 0 Å². The molecule has 0 unspecified atom stereocenters. The molecule has 0 amide bonds. The fourth-order valence-electron chi connectivity index (χ4n) is 2.47. The third kappa shape index (κ3) is 3.69. The molecule has 0 fully saturated rings. The SMILES string of the molecule is CCOc1cc(C(C)(C)C)c(OCC)cc1-c1cc(C(=O)O)[nH]n1. The van der Waals surface area contributed by atoms with Crippen molar-refractivity contribution in [3.05, 3.63) is 29.5 Å². The van der Waals surface area contributed by atoms with Crippen LogP contribution in [0.1, 0.15) is 50.7 Å². The minimum atomic E-state index is -1.05. The Balaban J connectivity index is 2.63. The number of carboxylic acid groups (broad SMARTS) is 1. The smallest absolute Gasteiger partial charge is 0.353 e. The van der Waals surface area contributed by atoms with Crippen LogP contribution in [0.4, 0.5) is 0 Å². The van der Waals surface area contributed by atoms with Crippen LogP contribution in [0.2, 0.25) is 0 Å². The van der Waals surface area contributed by atoms with Crippen LogP contribution in [-0.2, 0) is 5.41 Å². The third-order valence-electron chi connectivity index (χ3n) is 3.57. The lowest BCUT2D eigenvalue weighted by Gasteiger charge is -2.24. The average molecular weight is 332 g/mol. The van der Waals surface area contributed by atoms with Crippen LogP contribution in [0, 0.1) is 0 Å². The Bertz CT molecular complexity index is 729. The van der Waals surface area contributed by atoms with Gasteiger partial charge in [0.2, 0.25) is 0 Å². The Morgan fingerprint density at radius 3 is 2.25 bits per heavy atom. The Kier molecular flexibility index (Phi) is 5.17.